The van der Waals surface area contributed by atoms with E-state index in [4.69, 9.17) is 4.74 Å². The van der Waals surface area contributed by atoms with Gasteiger partial charge in [0, 0.05) is 18.6 Å². The summed E-state index contributed by atoms with van der Waals surface area (Å²) in [6, 6.07) is 1.03. The molecule has 0 heterocycles. The highest BCUT2D eigenvalue weighted by Crippen LogP contribution is 2.35. The minimum absolute atomic E-state index is 0.0558. The monoisotopic (exact) mass is 296 g/mol. The minimum Gasteiger partial charge on any atom is -0.468 e. The van der Waals surface area contributed by atoms with Crippen molar-refractivity contribution in [2.75, 3.05) is 20.2 Å². The topological polar surface area (TPSA) is 41.6 Å². The molecule has 4 nitrogen and oxygen atoms in total. The number of rotatable bonds is 7. The van der Waals surface area contributed by atoms with E-state index >= 15 is 0 Å². The summed E-state index contributed by atoms with van der Waals surface area (Å²) >= 11 is 0. The van der Waals surface area contributed by atoms with Gasteiger partial charge in [-0.15, -0.1) is 0 Å². The van der Waals surface area contributed by atoms with Crippen molar-refractivity contribution in [1.29, 1.82) is 0 Å². The standard InChI is InChI=1S/C17H32N2O2/c1-5-19(12-13(2)3)15-7-6-10-17(11-15,16(20)21-4)18-14-8-9-14/h13-15,18H,5-12H2,1-4H3. The fourth-order valence-electron chi connectivity index (χ4n) is 3.75. The Morgan fingerprint density at radius 3 is 2.62 bits per heavy atom. The fourth-order valence-corrected chi connectivity index (χ4v) is 3.75. The largest absolute Gasteiger partial charge is 0.468 e. The van der Waals surface area contributed by atoms with Gasteiger partial charge in [-0.3, -0.25) is 10.1 Å². The van der Waals surface area contributed by atoms with Crippen LogP contribution in [0.3, 0.4) is 0 Å². The first-order valence-corrected chi connectivity index (χ1v) is 8.61. The molecule has 0 aliphatic heterocycles. The van der Waals surface area contributed by atoms with Crippen LogP contribution in [0.25, 0.3) is 0 Å². The number of hydrogen-bond donors (Lipinski definition) is 1. The molecular weight excluding hydrogens is 264 g/mol. The average molecular weight is 296 g/mol. The molecule has 0 aromatic rings. The molecule has 0 saturated heterocycles. The second-order valence-corrected chi connectivity index (χ2v) is 7.22. The number of carbonyl (C=O) groups excluding carboxylic acids is 1. The summed E-state index contributed by atoms with van der Waals surface area (Å²) in [7, 11) is 1.52. The van der Waals surface area contributed by atoms with Crippen molar-refractivity contribution in [3.63, 3.8) is 0 Å². The third-order valence-electron chi connectivity index (χ3n) is 4.88. The van der Waals surface area contributed by atoms with Crippen molar-refractivity contribution in [3.05, 3.63) is 0 Å². The molecule has 0 aromatic carbocycles. The number of nitrogens with zero attached hydrogens (tertiary/aromatic N) is 1. The number of ether oxygens (including phenoxy) is 1. The highest BCUT2D eigenvalue weighted by molar-refractivity contribution is 5.81. The van der Waals surface area contributed by atoms with Crippen LogP contribution in [-0.2, 0) is 9.53 Å². The fraction of sp³-hybridized carbons (Fsp3) is 0.941. The SMILES string of the molecule is CCN(CC(C)C)C1CCCC(NC2CC2)(C(=O)OC)C1. The molecule has 21 heavy (non-hydrogen) atoms. The Hall–Kier alpha value is -0.610. The third kappa shape index (κ3) is 4.19. The van der Waals surface area contributed by atoms with Crippen LogP contribution in [0.4, 0.5) is 0 Å². The van der Waals surface area contributed by atoms with Gasteiger partial charge in [-0.25, -0.2) is 0 Å². The van der Waals surface area contributed by atoms with Gasteiger partial charge in [0.05, 0.1) is 7.11 Å². The third-order valence-corrected chi connectivity index (χ3v) is 4.88. The van der Waals surface area contributed by atoms with E-state index < -0.39 is 5.54 Å². The Labute approximate surface area is 129 Å². The number of nitrogens with one attached hydrogen (secondary N) is 1. The molecule has 2 aliphatic carbocycles. The highest BCUT2D eigenvalue weighted by Gasteiger charge is 2.47. The molecule has 0 radical (unpaired) electrons. The van der Waals surface area contributed by atoms with Crippen LogP contribution in [0.15, 0.2) is 0 Å². The van der Waals surface area contributed by atoms with Crippen molar-refractivity contribution in [1.82, 2.24) is 10.2 Å². The van der Waals surface area contributed by atoms with Gasteiger partial charge in [-0.2, -0.15) is 0 Å². The first-order valence-electron chi connectivity index (χ1n) is 8.61. The van der Waals surface area contributed by atoms with E-state index in [1.165, 1.54) is 26.4 Å². The molecule has 0 amide bonds. The first-order chi connectivity index (χ1) is 10.0. The maximum absolute atomic E-state index is 12.4. The molecular formula is C17H32N2O2. The molecule has 1 N–H and O–H groups in total. The van der Waals surface area contributed by atoms with E-state index in [2.05, 4.69) is 31.0 Å². The van der Waals surface area contributed by atoms with Crippen LogP contribution in [0.2, 0.25) is 0 Å². The maximum atomic E-state index is 12.4. The van der Waals surface area contributed by atoms with Crippen LogP contribution >= 0.6 is 0 Å². The Kier molecular flexibility index (Phi) is 5.67. The molecule has 0 bridgehead atoms. The molecule has 0 aromatic heterocycles. The average Bonchev–Trinajstić information content (AvgIpc) is 3.27. The molecule has 2 atom stereocenters. The van der Waals surface area contributed by atoms with E-state index in [1.54, 1.807) is 0 Å². The maximum Gasteiger partial charge on any atom is 0.326 e. The Morgan fingerprint density at radius 2 is 2.10 bits per heavy atom. The predicted molar refractivity (Wildman–Crippen MR) is 85.2 cm³/mol. The lowest BCUT2D eigenvalue weighted by molar-refractivity contribution is -0.151. The van der Waals surface area contributed by atoms with Crippen LogP contribution in [0.5, 0.6) is 0 Å². The summed E-state index contributed by atoms with van der Waals surface area (Å²) in [4.78, 5) is 15.0. The van der Waals surface area contributed by atoms with E-state index in [1.807, 2.05) is 0 Å². The molecule has 4 heteroatoms. The number of esters is 1. The van der Waals surface area contributed by atoms with Crippen LogP contribution in [0, 0.1) is 5.92 Å². The summed E-state index contributed by atoms with van der Waals surface area (Å²) in [6.07, 6.45) is 6.53. The molecule has 122 valence electrons. The molecule has 0 spiro atoms. The second-order valence-electron chi connectivity index (χ2n) is 7.22. The molecule has 2 unspecified atom stereocenters. The van der Waals surface area contributed by atoms with Gasteiger partial charge in [0.15, 0.2) is 0 Å². The Bertz CT molecular complexity index is 355. The highest BCUT2D eigenvalue weighted by atomic mass is 16.5. The van der Waals surface area contributed by atoms with Gasteiger partial charge in [-0.05, 0) is 51.0 Å². The van der Waals surface area contributed by atoms with Crippen molar-refractivity contribution < 1.29 is 9.53 Å². The van der Waals surface area contributed by atoms with Crippen molar-refractivity contribution in [2.24, 2.45) is 5.92 Å². The summed E-state index contributed by atoms with van der Waals surface area (Å²) < 4.78 is 5.14. The molecule has 2 saturated carbocycles. The lowest BCUT2D eigenvalue weighted by Crippen LogP contribution is -2.59. The second kappa shape index (κ2) is 7.10. The van der Waals surface area contributed by atoms with Crippen molar-refractivity contribution in [3.8, 4) is 0 Å². The lowest BCUT2D eigenvalue weighted by Gasteiger charge is -2.44. The summed E-state index contributed by atoms with van der Waals surface area (Å²) in [6.45, 7) is 8.93. The summed E-state index contributed by atoms with van der Waals surface area (Å²) in [5.74, 6) is 0.607. The van der Waals surface area contributed by atoms with Gasteiger partial charge in [0.1, 0.15) is 5.54 Å². The quantitative estimate of drug-likeness (QED) is 0.733. The van der Waals surface area contributed by atoms with E-state index in [0.29, 0.717) is 18.0 Å². The Morgan fingerprint density at radius 1 is 1.38 bits per heavy atom. The van der Waals surface area contributed by atoms with E-state index in [9.17, 15) is 4.79 Å². The number of hydrogen-bond acceptors (Lipinski definition) is 4. The predicted octanol–water partition coefficient (Wildman–Crippen LogP) is 2.57. The van der Waals surface area contributed by atoms with E-state index in [-0.39, 0.29) is 5.97 Å². The van der Waals surface area contributed by atoms with Gasteiger partial charge < -0.3 is 9.64 Å². The zero-order valence-corrected chi connectivity index (χ0v) is 14.2. The van der Waals surface area contributed by atoms with Crippen molar-refractivity contribution in [2.45, 2.75) is 76.9 Å². The van der Waals surface area contributed by atoms with Crippen molar-refractivity contribution >= 4 is 5.97 Å². The zero-order chi connectivity index (χ0) is 15.5. The molecule has 2 fully saturated rings. The number of carbonyl (C=O) groups is 1. The molecule has 2 aliphatic rings. The summed E-state index contributed by atoms with van der Waals surface area (Å²) in [5.41, 5.74) is -0.441. The minimum atomic E-state index is -0.441. The first kappa shape index (κ1) is 16.8. The normalized spacial score (nSPS) is 29.9. The van der Waals surface area contributed by atoms with Crippen LogP contribution in [-0.4, -0.2) is 48.7 Å². The summed E-state index contributed by atoms with van der Waals surface area (Å²) in [5, 5.41) is 3.62. The van der Waals surface area contributed by atoms with E-state index in [0.717, 1.165) is 32.4 Å². The van der Waals surface area contributed by atoms with Crippen LogP contribution < -0.4 is 5.32 Å². The van der Waals surface area contributed by atoms with Gasteiger partial charge in [-0.1, -0.05) is 20.8 Å². The molecule has 2 rings (SSSR count). The Balaban J connectivity index is 2.09. The lowest BCUT2D eigenvalue weighted by atomic mass is 9.78. The van der Waals surface area contributed by atoms with Crippen LogP contribution in [0.1, 0.15) is 59.3 Å². The smallest absolute Gasteiger partial charge is 0.326 e. The van der Waals surface area contributed by atoms with Gasteiger partial charge in [0.25, 0.3) is 0 Å². The number of methoxy groups -OCH3 is 1. The van der Waals surface area contributed by atoms with Gasteiger partial charge >= 0.3 is 5.97 Å². The van der Waals surface area contributed by atoms with Gasteiger partial charge in [0.2, 0.25) is 0 Å². The zero-order valence-electron chi connectivity index (χ0n) is 14.2.